The molecule has 1 heterocycles. The predicted octanol–water partition coefficient (Wildman–Crippen LogP) is 0.501. The van der Waals surface area contributed by atoms with Crippen molar-refractivity contribution in [2.45, 2.75) is 0 Å². The maximum atomic E-state index is 8.39. The topological polar surface area (TPSA) is 55.2 Å². The van der Waals surface area contributed by atoms with Crippen LogP contribution in [0.25, 0.3) is 0 Å². The summed E-state index contributed by atoms with van der Waals surface area (Å²) in [4.78, 5) is 7.36. The first-order valence-corrected chi connectivity index (χ1v) is 3.42. The van der Waals surface area contributed by atoms with Crippen molar-refractivity contribution in [1.29, 1.82) is 0 Å². The van der Waals surface area contributed by atoms with Crippen LogP contribution in [0.3, 0.4) is 0 Å². The minimum atomic E-state index is -0.0252. The van der Waals surface area contributed by atoms with E-state index in [2.05, 4.69) is 9.97 Å². The highest BCUT2D eigenvalue weighted by Gasteiger charge is 1.93. The van der Waals surface area contributed by atoms with Crippen molar-refractivity contribution in [2.75, 3.05) is 13.2 Å². The Morgan fingerprint density at radius 2 is 2.09 bits per heavy atom. The smallest absolute Gasteiger partial charge is 0.222 e. The maximum Gasteiger partial charge on any atom is 0.222 e. The Kier molecular flexibility index (Phi) is 3.07. The SMILES string of the molecule is OCCOc1cnc(Cl)nc1. The van der Waals surface area contributed by atoms with E-state index in [1.807, 2.05) is 0 Å². The summed E-state index contributed by atoms with van der Waals surface area (Å²) in [6.45, 7) is 0.216. The van der Waals surface area contributed by atoms with Gasteiger partial charge in [0.05, 0.1) is 19.0 Å². The van der Waals surface area contributed by atoms with Crippen LogP contribution in [0.4, 0.5) is 0 Å². The van der Waals surface area contributed by atoms with Crippen molar-refractivity contribution in [3.05, 3.63) is 17.7 Å². The molecular weight excluding hydrogens is 168 g/mol. The van der Waals surface area contributed by atoms with Crippen molar-refractivity contribution in [1.82, 2.24) is 9.97 Å². The van der Waals surface area contributed by atoms with Crippen LogP contribution in [0.15, 0.2) is 12.4 Å². The molecule has 5 heteroatoms. The van der Waals surface area contributed by atoms with E-state index in [0.717, 1.165) is 0 Å². The van der Waals surface area contributed by atoms with E-state index in [9.17, 15) is 0 Å². The number of rotatable bonds is 3. The summed E-state index contributed by atoms with van der Waals surface area (Å²) in [5.41, 5.74) is 0. The van der Waals surface area contributed by atoms with Gasteiger partial charge < -0.3 is 9.84 Å². The highest BCUT2D eigenvalue weighted by molar-refractivity contribution is 6.28. The number of aromatic nitrogens is 2. The molecule has 1 aromatic rings. The molecule has 0 amide bonds. The van der Waals surface area contributed by atoms with Crippen molar-refractivity contribution < 1.29 is 9.84 Å². The molecule has 1 aromatic heterocycles. The van der Waals surface area contributed by atoms with Crippen molar-refractivity contribution in [3.8, 4) is 5.75 Å². The molecule has 0 aromatic carbocycles. The van der Waals surface area contributed by atoms with Crippen LogP contribution in [0.1, 0.15) is 0 Å². The van der Waals surface area contributed by atoms with E-state index in [1.165, 1.54) is 12.4 Å². The van der Waals surface area contributed by atoms with Gasteiger partial charge in [-0.2, -0.15) is 0 Å². The summed E-state index contributed by atoms with van der Waals surface area (Å²) < 4.78 is 4.98. The van der Waals surface area contributed by atoms with Gasteiger partial charge in [0.15, 0.2) is 5.75 Å². The lowest BCUT2D eigenvalue weighted by Crippen LogP contribution is -2.02. The number of nitrogens with zero attached hydrogens (tertiary/aromatic N) is 2. The average molecular weight is 175 g/mol. The Morgan fingerprint density at radius 1 is 1.45 bits per heavy atom. The summed E-state index contributed by atoms with van der Waals surface area (Å²) in [5.74, 6) is 0.503. The Hall–Kier alpha value is -0.870. The first-order chi connectivity index (χ1) is 5.33. The molecule has 1 rings (SSSR count). The minimum absolute atomic E-state index is 0.0252. The fraction of sp³-hybridized carbons (Fsp3) is 0.333. The van der Waals surface area contributed by atoms with Crippen LogP contribution >= 0.6 is 11.6 Å². The summed E-state index contributed by atoms with van der Waals surface area (Å²) >= 11 is 5.42. The third kappa shape index (κ3) is 2.69. The summed E-state index contributed by atoms with van der Waals surface area (Å²) in [6.07, 6.45) is 2.90. The fourth-order valence-electron chi connectivity index (χ4n) is 0.538. The third-order valence-electron chi connectivity index (χ3n) is 0.957. The highest BCUT2D eigenvalue weighted by Crippen LogP contribution is 2.07. The molecule has 0 bridgehead atoms. The molecule has 0 saturated carbocycles. The number of ether oxygens (including phenoxy) is 1. The molecule has 0 radical (unpaired) electrons. The number of hydrogen-bond donors (Lipinski definition) is 1. The second kappa shape index (κ2) is 4.10. The second-order valence-electron chi connectivity index (χ2n) is 1.76. The normalized spacial score (nSPS) is 9.64. The lowest BCUT2D eigenvalue weighted by molar-refractivity contribution is 0.200. The van der Waals surface area contributed by atoms with Crippen LogP contribution in [0.2, 0.25) is 5.28 Å². The zero-order valence-corrected chi connectivity index (χ0v) is 6.45. The number of hydrogen-bond acceptors (Lipinski definition) is 4. The lowest BCUT2D eigenvalue weighted by atomic mass is 10.6. The van der Waals surface area contributed by atoms with Gasteiger partial charge in [0, 0.05) is 0 Å². The van der Waals surface area contributed by atoms with Crippen molar-refractivity contribution >= 4 is 11.6 Å². The van der Waals surface area contributed by atoms with Crippen LogP contribution in [-0.2, 0) is 0 Å². The number of aliphatic hydroxyl groups is 1. The van der Waals surface area contributed by atoms with E-state index in [-0.39, 0.29) is 18.5 Å². The minimum Gasteiger partial charge on any atom is -0.488 e. The van der Waals surface area contributed by atoms with Crippen LogP contribution in [-0.4, -0.2) is 28.3 Å². The molecule has 1 N–H and O–H groups in total. The zero-order valence-electron chi connectivity index (χ0n) is 5.70. The van der Waals surface area contributed by atoms with Gasteiger partial charge in [0.1, 0.15) is 6.61 Å². The quantitative estimate of drug-likeness (QED) is 0.679. The maximum absolute atomic E-state index is 8.39. The standard InChI is InChI=1S/C6H7ClN2O2/c7-6-8-3-5(4-9-6)11-2-1-10/h3-4,10H,1-2H2. The van der Waals surface area contributed by atoms with Gasteiger partial charge in [-0.25, -0.2) is 9.97 Å². The van der Waals surface area contributed by atoms with E-state index in [4.69, 9.17) is 21.4 Å². The Labute approximate surface area is 68.8 Å². The molecular formula is C6H7ClN2O2. The molecule has 0 fully saturated rings. The van der Waals surface area contributed by atoms with Crippen LogP contribution in [0, 0.1) is 0 Å². The van der Waals surface area contributed by atoms with Gasteiger partial charge in [0.25, 0.3) is 0 Å². The summed E-state index contributed by atoms with van der Waals surface area (Å²) in [7, 11) is 0. The largest absolute Gasteiger partial charge is 0.488 e. The van der Waals surface area contributed by atoms with Gasteiger partial charge in [0.2, 0.25) is 5.28 Å². The van der Waals surface area contributed by atoms with E-state index < -0.39 is 0 Å². The van der Waals surface area contributed by atoms with E-state index >= 15 is 0 Å². The van der Waals surface area contributed by atoms with Crippen molar-refractivity contribution in [3.63, 3.8) is 0 Å². The van der Waals surface area contributed by atoms with Crippen LogP contribution in [0.5, 0.6) is 5.75 Å². The average Bonchev–Trinajstić information content (AvgIpc) is 2.04. The molecule has 0 spiro atoms. The summed E-state index contributed by atoms with van der Waals surface area (Å²) in [5, 5.41) is 8.57. The Morgan fingerprint density at radius 3 is 2.64 bits per heavy atom. The Balaban J connectivity index is 2.52. The first kappa shape index (κ1) is 8.23. The molecule has 11 heavy (non-hydrogen) atoms. The summed E-state index contributed by atoms with van der Waals surface area (Å²) in [6, 6.07) is 0. The van der Waals surface area contributed by atoms with E-state index in [0.29, 0.717) is 5.75 Å². The van der Waals surface area contributed by atoms with Gasteiger partial charge in [-0.15, -0.1) is 0 Å². The predicted molar refractivity (Wildman–Crippen MR) is 39.6 cm³/mol. The van der Waals surface area contributed by atoms with Gasteiger partial charge in [-0.1, -0.05) is 0 Å². The molecule has 0 unspecified atom stereocenters. The zero-order chi connectivity index (χ0) is 8.10. The molecule has 0 aliphatic heterocycles. The van der Waals surface area contributed by atoms with Crippen LogP contribution < -0.4 is 4.74 Å². The van der Waals surface area contributed by atoms with Gasteiger partial charge in [-0.05, 0) is 11.6 Å². The third-order valence-corrected chi connectivity index (χ3v) is 1.15. The number of aliphatic hydroxyl groups excluding tert-OH is 1. The van der Waals surface area contributed by atoms with E-state index in [1.54, 1.807) is 0 Å². The van der Waals surface area contributed by atoms with Gasteiger partial charge in [-0.3, -0.25) is 0 Å². The number of halogens is 1. The second-order valence-corrected chi connectivity index (χ2v) is 2.10. The monoisotopic (exact) mass is 174 g/mol. The molecule has 4 nitrogen and oxygen atoms in total. The Bertz CT molecular complexity index is 214. The highest BCUT2D eigenvalue weighted by atomic mass is 35.5. The fourth-order valence-corrected chi connectivity index (χ4v) is 0.636. The first-order valence-electron chi connectivity index (χ1n) is 3.04. The molecule has 0 aliphatic rings. The van der Waals surface area contributed by atoms with Crippen molar-refractivity contribution in [2.24, 2.45) is 0 Å². The molecule has 0 aliphatic carbocycles. The van der Waals surface area contributed by atoms with Gasteiger partial charge >= 0.3 is 0 Å². The molecule has 60 valence electrons. The molecule has 0 atom stereocenters. The lowest BCUT2D eigenvalue weighted by Gasteiger charge is -2.00. The molecule has 0 saturated heterocycles.